The van der Waals surface area contributed by atoms with Crippen LogP contribution in [0.3, 0.4) is 0 Å². The summed E-state index contributed by atoms with van der Waals surface area (Å²) in [5.41, 5.74) is 2.20. The molecule has 0 spiro atoms. The van der Waals surface area contributed by atoms with Crippen molar-refractivity contribution in [2.24, 2.45) is 0 Å². The van der Waals surface area contributed by atoms with Gasteiger partial charge in [0.2, 0.25) is 0 Å². The number of aryl methyl sites for hydroxylation is 2. The average Bonchev–Trinajstić information content (AvgIpc) is 2.68. The Balaban J connectivity index is 0. The fourth-order valence-electron chi connectivity index (χ4n) is 2.14. The van der Waals surface area contributed by atoms with Gasteiger partial charge in [0.25, 0.3) is 0 Å². The summed E-state index contributed by atoms with van der Waals surface area (Å²) >= 11 is 0. The first-order valence-corrected chi connectivity index (χ1v) is 8.67. The van der Waals surface area contributed by atoms with E-state index < -0.39 is 0 Å². The number of hydrogen-bond donors (Lipinski definition) is 0. The molecular weight excluding hydrogens is 344 g/mol. The van der Waals surface area contributed by atoms with Crippen molar-refractivity contribution in [1.29, 1.82) is 0 Å². The molecule has 5 nitrogen and oxygen atoms in total. The SMILES string of the molecule is C=O.C=O.CC.COCC(C)Oc1cc(C)cc(Oc2ccccc2C)c1. The normalized spacial score (nSPS) is 9.85. The zero-order valence-corrected chi connectivity index (χ0v) is 17.3. The van der Waals surface area contributed by atoms with Crippen molar-refractivity contribution in [2.45, 2.75) is 40.7 Å². The second-order valence-electron chi connectivity index (χ2n) is 5.23. The predicted octanol–water partition coefficient (Wildman–Crippen LogP) is 5.17. The maximum Gasteiger partial charge on any atom is 0.131 e. The van der Waals surface area contributed by atoms with Gasteiger partial charge in [0.1, 0.15) is 36.9 Å². The van der Waals surface area contributed by atoms with E-state index in [1.54, 1.807) is 7.11 Å². The zero-order valence-electron chi connectivity index (χ0n) is 17.3. The van der Waals surface area contributed by atoms with E-state index in [9.17, 15) is 0 Å². The quantitative estimate of drug-likeness (QED) is 0.696. The molecule has 0 saturated carbocycles. The van der Waals surface area contributed by atoms with Crippen LogP contribution >= 0.6 is 0 Å². The highest BCUT2D eigenvalue weighted by molar-refractivity contribution is 5.42. The van der Waals surface area contributed by atoms with Crippen LogP contribution in [0, 0.1) is 13.8 Å². The Morgan fingerprint density at radius 2 is 1.48 bits per heavy atom. The minimum absolute atomic E-state index is 0.00288. The van der Waals surface area contributed by atoms with E-state index in [1.165, 1.54) is 0 Å². The summed E-state index contributed by atoms with van der Waals surface area (Å²) in [6, 6.07) is 13.9. The molecule has 0 aliphatic carbocycles. The molecule has 2 aromatic carbocycles. The largest absolute Gasteiger partial charge is 0.488 e. The molecule has 0 N–H and O–H groups in total. The van der Waals surface area contributed by atoms with Crippen LogP contribution in [0.5, 0.6) is 17.2 Å². The summed E-state index contributed by atoms with van der Waals surface area (Å²) in [5, 5.41) is 0. The molecule has 0 aromatic heterocycles. The standard InChI is InChI=1S/C18H22O3.C2H6.2CH2O/c1-13-9-16(20-15(3)12-19-4)11-17(10-13)21-18-8-6-5-7-14(18)2;3*1-2/h5-11,15H,12H2,1-4H3;1-2H3;2*1H2. The van der Waals surface area contributed by atoms with Crippen LogP contribution in [0.2, 0.25) is 0 Å². The monoisotopic (exact) mass is 376 g/mol. The van der Waals surface area contributed by atoms with Crippen molar-refractivity contribution in [3.8, 4) is 17.2 Å². The van der Waals surface area contributed by atoms with E-state index in [2.05, 4.69) is 0 Å². The third-order valence-electron chi connectivity index (χ3n) is 3.08. The van der Waals surface area contributed by atoms with Crippen LogP contribution in [-0.4, -0.2) is 33.4 Å². The summed E-state index contributed by atoms with van der Waals surface area (Å²) < 4.78 is 16.9. The molecule has 150 valence electrons. The Morgan fingerprint density at radius 3 is 2.04 bits per heavy atom. The molecule has 0 amide bonds. The maximum atomic E-state index is 8.00. The second kappa shape index (κ2) is 16.8. The van der Waals surface area contributed by atoms with Crippen LogP contribution in [0.4, 0.5) is 0 Å². The lowest BCUT2D eigenvalue weighted by molar-refractivity contribution is -0.0987. The topological polar surface area (TPSA) is 61.8 Å². The number of ether oxygens (including phenoxy) is 3. The highest BCUT2D eigenvalue weighted by Gasteiger charge is 2.07. The lowest BCUT2D eigenvalue weighted by Gasteiger charge is -2.16. The molecule has 0 bridgehead atoms. The summed E-state index contributed by atoms with van der Waals surface area (Å²) in [6.07, 6.45) is 0.00288. The molecule has 0 aliphatic heterocycles. The maximum absolute atomic E-state index is 8.00. The van der Waals surface area contributed by atoms with E-state index in [0.717, 1.165) is 28.4 Å². The Morgan fingerprint density at radius 1 is 0.926 bits per heavy atom. The smallest absolute Gasteiger partial charge is 0.131 e. The molecule has 0 fully saturated rings. The first-order chi connectivity index (χ1) is 13.1. The number of methoxy groups -OCH3 is 1. The van der Waals surface area contributed by atoms with Gasteiger partial charge in [-0.25, -0.2) is 0 Å². The summed E-state index contributed by atoms with van der Waals surface area (Å²) in [7, 11) is 1.67. The van der Waals surface area contributed by atoms with E-state index in [0.29, 0.717) is 6.61 Å². The molecular formula is C22H32O5. The molecule has 5 heteroatoms. The van der Waals surface area contributed by atoms with Crippen LogP contribution in [0.1, 0.15) is 31.9 Å². The number of carbonyl (C=O) groups is 2. The van der Waals surface area contributed by atoms with E-state index in [-0.39, 0.29) is 6.10 Å². The zero-order chi connectivity index (χ0) is 21.2. The number of rotatable bonds is 6. The van der Waals surface area contributed by atoms with Crippen LogP contribution in [0.25, 0.3) is 0 Å². The average molecular weight is 376 g/mol. The van der Waals surface area contributed by atoms with Gasteiger partial charge in [0, 0.05) is 13.2 Å². The Kier molecular flexibility index (Phi) is 16.5. The van der Waals surface area contributed by atoms with E-state index in [1.807, 2.05) is 90.7 Å². The van der Waals surface area contributed by atoms with Crippen molar-refractivity contribution in [2.75, 3.05) is 13.7 Å². The highest BCUT2D eigenvalue weighted by Crippen LogP contribution is 2.29. The molecule has 0 saturated heterocycles. The van der Waals surface area contributed by atoms with Crippen LogP contribution < -0.4 is 9.47 Å². The van der Waals surface area contributed by atoms with E-state index in [4.69, 9.17) is 23.8 Å². The van der Waals surface area contributed by atoms with Crippen molar-refractivity contribution in [3.63, 3.8) is 0 Å². The molecule has 27 heavy (non-hydrogen) atoms. The molecule has 2 aromatic rings. The summed E-state index contributed by atoms with van der Waals surface area (Å²) in [6.45, 7) is 14.6. The Hall–Kier alpha value is -2.66. The molecule has 1 unspecified atom stereocenters. The van der Waals surface area contributed by atoms with Crippen molar-refractivity contribution in [3.05, 3.63) is 53.6 Å². The predicted molar refractivity (Wildman–Crippen MR) is 110 cm³/mol. The fraction of sp³-hybridized carbons (Fsp3) is 0.364. The Bertz CT molecular complexity index is 626. The third kappa shape index (κ3) is 10.8. The van der Waals surface area contributed by atoms with Gasteiger partial charge >= 0.3 is 0 Å². The van der Waals surface area contributed by atoms with Gasteiger partial charge in [-0.3, -0.25) is 0 Å². The molecule has 0 radical (unpaired) electrons. The van der Waals surface area contributed by atoms with Crippen LogP contribution in [-0.2, 0) is 14.3 Å². The third-order valence-corrected chi connectivity index (χ3v) is 3.08. The van der Waals surface area contributed by atoms with Gasteiger partial charge in [-0.1, -0.05) is 32.0 Å². The van der Waals surface area contributed by atoms with Gasteiger partial charge in [0.15, 0.2) is 0 Å². The minimum Gasteiger partial charge on any atom is -0.488 e. The number of benzene rings is 2. The van der Waals surface area contributed by atoms with Crippen LogP contribution in [0.15, 0.2) is 42.5 Å². The molecule has 1 atom stereocenters. The van der Waals surface area contributed by atoms with Gasteiger partial charge in [-0.15, -0.1) is 0 Å². The second-order valence-corrected chi connectivity index (χ2v) is 5.23. The first-order valence-electron chi connectivity index (χ1n) is 8.67. The lowest BCUT2D eigenvalue weighted by atomic mass is 10.2. The lowest BCUT2D eigenvalue weighted by Crippen LogP contribution is -2.17. The summed E-state index contributed by atoms with van der Waals surface area (Å²) in [4.78, 5) is 16.0. The van der Waals surface area contributed by atoms with E-state index >= 15 is 0 Å². The molecule has 0 heterocycles. The summed E-state index contributed by atoms with van der Waals surface area (Å²) in [5.74, 6) is 2.44. The molecule has 0 aliphatic rings. The number of hydrogen-bond acceptors (Lipinski definition) is 5. The van der Waals surface area contributed by atoms with Crippen molar-refractivity contribution >= 4 is 13.6 Å². The fourth-order valence-corrected chi connectivity index (χ4v) is 2.14. The number of carbonyl (C=O) groups excluding carboxylic acids is 2. The number of para-hydroxylation sites is 1. The van der Waals surface area contributed by atoms with Gasteiger partial charge in [-0.2, -0.15) is 0 Å². The molecule has 2 rings (SSSR count). The Labute approximate surface area is 163 Å². The van der Waals surface area contributed by atoms with Crippen molar-refractivity contribution in [1.82, 2.24) is 0 Å². The highest BCUT2D eigenvalue weighted by atomic mass is 16.5. The van der Waals surface area contributed by atoms with Crippen molar-refractivity contribution < 1.29 is 23.8 Å². The minimum atomic E-state index is 0.00288. The van der Waals surface area contributed by atoms with Gasteiger partial charge in [-0.05, 0) is 50.1 Å². The first kappa shape index (κ1) is 26.6. The van der Waals surface area contributed by atoms with Gasteiger partial charge in [0.05, 0.1) is 6.61 Å². The van der Waals surface area contributed by atoms with Gasteiger partial charge < -0.3 is 23.8 Å².